The van der Waals surface area contributed by atoms with Gasteiger partial charge in [-0.1, -0.05) is 82.8 Å². The molecule has 30 heavy (non-hydrogen) atoms. The van der Waals surface area contributed by atoms with E-state index >= 15 is 0 Å². The molecule has 1 heterocycles. The maximum atomic E-state index is 6.05. The molecular weight excluding hydrogens is 392 g/mol. The van der Waals surface area contributed by atoms with Gasteiger partial charge in [0.05, 0.1) is 12.8 Å². The predicted octanol–water partition coefficient (Wildman–Crippen LogP) is 6.99. The molecule has 0 radical (unpaired) electrons. The highest BCUT2D eigenvalue weighted by molar-refractivity contribution is 7.98. The third-order valence-corrected chi connectivity index (χ3v) is 5.68. The summed E-state index contributed by atoms with van der Waals surface area (Å²) in [6.07, 6.45) is 0. The van der Waals surface area contributed by atoms with Crippen LogP contribution in [-0.4, -0.2) is 17.1 Å². The SMILES string of the molecule is COc1ccccc1Oc1cc(C(C)C)nc(SCc2ccc(C(C)(C)C)cc2)n1. The lowest BCUT2D eigenvalue weighted by molar-refractivity contribution is 0.372. The van der Waals surface area contributed by atoms with E-state index in [1.165, 1.54) is 11.1 Å². The Hall–Kier alpha value is -2.53. The molecule has 3 aromatic rings. The summed E-state index contributed by atoms with van der Waals surface area (Å²) in [7, 11) is 1.63. The van der Waals surface area contributed by atoms with Gasteiger partial charge < -0.3 is 9.47 Å². The second-order valence-electron chi connectivity index (χ2n) is 8.56. The molecule has 0 spiro atoms. The molecule has 158 valence electrons. The fraction of sp³-hybridized carbons (Fsp3) is 0.360. The third-order valence-electron chi connectivity index (χ3n) is 4.76. The zero-order valence-electron chi connectivity index (χ0n) is 18.6. The van der Waals surface area contributed by atoms with E-state index in [0.717, 1.165) is 11.4 Å². The Morgan fingerprint density at radius 2 is 1.60 bits per heavy atom. The van der Waals surface area contributed by atoms with Crippen LogP contribution in [0.4, 0.5) is 0 Å². The van der Waals surface area contributed by atoms with Crippen LogP contribution in [0.2, 0.25) is 0 Å². The molecule has 0 saturated carbocycles. The van der Waals surface area contributed by atoms with Gasteiger partial charge in [-0.05, 0) is 34.6 Å². The number of hydrogen-bond donors (Lipinski definition) is 0. The number of benzene rings is 2. The van der Waals surface area contributed by atoms with E-state index in [1.807, 2.05) is 30.3 Å². The minimum Gasteiger partial charge on any atom is -0.493 e. The molecule has 3 rings (SSSR count). The van der Waals surface area contributed by atoms with Gasteiger partial charge in [-0.3, -0.25) is 0 Å². The van der Waals surface area contributed by atoms with Gasteiger partial charge in [-0.2, -0.15) is 4.98 Å². The number of ether oxygens (including phenoxy) is 2. The summed E-state index contributed by atoms with van der Waals surface area (Å²) in [6.45, 7) is 10.9. The molecule has 0 fully saturated rings. The molecule has 0 atom stereocenters. The van der Waals surface area contributed by atoms with Crippen molar-refractivity contribution in [3.05, 3.63) is 71.4 Å². The first kappa shape index (κ1) is 22.2. The van der Waals surface area contributed by atoms with Crippen LogP contribution in [0.5, 0.6) is 17.4 Å². The van der Waals surface area contributed by atoms with Gasteiger partial charge in [0.25, 0.3) is 0 Å². The second kappa shape index (κ2) is 9.52. The van der Waals surface area contributed by atoms with Crippen molar-refractivity contribution in [2.24, 2.45) is 0 Å². The number of methoxy groups -OCH3 is 1. The summed E-state index contributed by atoms with van der Waals surface area (Å²) >= 11 is 1.62. The van der Waals surface area contributed by atoms with E-state index < -0.39 is 0 Å². The average molecular weight is 423 g/mol. The molecule has 0 bridgehead atoms. The van der Waals surface area contributed by atoms with Crippen molar-refractivity contribution >= 4 is 11.8 Å². The van der Waals surface area contributed by atoms with E-state index in [4.69, 9.17) is 14.5 Å². The maximum Gasteiger partial charge on any atom is 0.223 e. The van der Waals surface area contributed by atoms with Gasteiger partial charge in [0.1, 0.15) is 0 Å². The topological polar surface area (TPSA) is 44.2 Å². The molecule has 2 aromatic carbocycles. The smallest absolute Gasteiger partial charge is 0.223 e. The zero-order valence-corrected chi connectivity index (χ0v) is 19.4. The molecule has 5 heteroatoms. The minimum atomic E-state index is 0.158. The Balaban J connectivity index is 1.79. The summed E-state index contributed by atoms with van der Waals surface area (Å²) in [6, 6.07) is 18.3. The lowest BCUT2D eigenvalue weighted by atomic mass is 9.87. The van der Waals surface area contributed by atoms with Gasteiger partial charge in [0.2, 0.25) is 5.88 Å². The van der Waals surface area contributed by atoms with Crippen LogP contribution in [0, 0.1) is 0 Å². The standard InChI is InChI=1S/C25H30N2O2S/c1-17(2)20-15-23(29-22-10-8-7-9-21(22)28-6)27-24(26-20)30-16-18-11-13-19(14-12-18)25(3,4)5/h7-15,17H,16H2,1-6H3. The fourth-order valence-corrected chi connectivity index (χ4v) is 3.71. The molecule has 0 unspecified atom stereocenters. The van der Waals surface area contributed by atoms with E-state index in [1.54, 1.807) is 18.9 Å². The Kier molecular flexibility index (Phi) is 7.03. The van der Waals surface area contributed by atoms with Crippen LogP contribution in [0.3, 0.4) is 0 Å². The Morgan fingerprint density at radius 1 is 0.933 bits per heavy atom. The zero-order chi connectivity index (χ0) is 21.7. The predicted molar refractivity (Wildman–Crippen MR) is 124 cm³/mol. The van der Waals surface area contributed by atoms with E-state index in [9.17, 15) is 0 Å². The van der Waals surface area contributed by atoms with Crippen LogP contribution < -0.4 is 9.47 Å². The lowest BCUT2D eigenvalue weighted by Gasteiger charge is -2.19. The summed E-state index contributed by atoms with van der Waals surface area (Å²) in [5, 5.41) is 0.714. The number of rotatable bonds is 7. The molecule has 4 nitrogen and oxygen atoms in total. The molecule has 0 aliphatic rings. The van der Waals surface area contributed by atoms with Crippen LogP contribution in [0.15, 0.2) is 59.8 Å². The normalized spacial score (nSPS) is 11.6. The largest absolute Gasteiger partial charge is 0.493 e. The molecule has 0 aliphatic heterocycles. The van der Waals surface area contributed by atoms with Gasteiger partial charge in [0.15, 0.2) is 16.7 Å². The first-order valence-electron chi connectivity index (χ1n) is 10.2. The highest BCUT2D eigenvalue weighted by Gasteiger charge is 2.14. The quantitative estimate of drug-likeness (QED) is 0.303. The Labute approximate surface area is 184 Å². The highest BCUT2D eigenvalue weighted by atomic mass is 32.2. The van der Waals surface area contributed by atoms with Crippen molar-refractivity contribution < 1.29 is 9.47 Å². The number of thioether (sulfide) groups is 1. The first-order chi connectivity index (χ1) is 14.3. The minimum absolute atomic E-state index is 0.158. The van der Waals surface area contributed by atoms with E-state index in [0.29, 0.717) is 22.5 Å². The Bertz CT molecular complexity index is 979. The molecule has 1 aromatic heterocycles. The molecule has 0 amide bonds. The van der Waals surface area contributed by atoms with Crippen LogP contribution in [0.1, 0.15) is 57.4 Å². The summed E-state index contributed by atoms with van der Waals surface area (Å²) in [5.74, 6) is 2.93. The molecule has 0 aliphatic carbocycles. The van der Waals surface area contributed by atoms with Crippen LogP contribution >= 0.6 is 11.8 Å². The first-order valence-corrected chi connectivity index (χ1v) is 11.2. The average Bonchev–Trinajstić information content (AvgIpc) is 2.72. The lowest BCUT2D eigenvalue weighted by Crippen LogP contribution is -2.10. The second-order valence-corrected chi connectivity index (χ2v) is 9.50. The molecule has 0 N–H and O–H groups in total. The van der Waals surface area contributed by atoms with Gasteiger partial charge >= 0.3 is 0 Å². The summed E-state index contributed by atoms with van der Waals surface area (Å²) in [5.41, 5.74) is 3.70. The van der Waals surface area contributed by atoms with Crippen molar-refractivity contribution in [1.82, 2.24) is 9.97 Å². The van der Waals surface area contributed by atoms with Crippen molar-refractivity contribution in [3.8, 4) is 17.4 Å². The van der Waals surface area contributed by atoms with E-state index in [2.05, 4.69) is 63.9 Å². The molecular formula is C25H30N2O2S. The number of nitrogens with zero attached hydrogens (tertiary/aromatic N) is 2. The van der Waals surface area contributed by atoms with Crippen LogP contribution in [0.25, 0.3) is 0 Å². The van der Waals surface area contributed by atoms with Gasteiger partial charge in [0, 0.05) is 11.8 Å². The van der Waals surface area contributed by atoms with Gasteiger partial charge in [-0.15, -0.1) is 0 Å². The van der Waals surface area contributed by atoms with Crippen molar-refractivity contribution in [2.75, 3.05) is 7.11 Å². The number of para-hydroxylation sites is 2. The summed E-state index contributed by atoms with van der Waals surface area (Å²) in [4.78, 5) is 9.36. The van der Waals surface area contributed by atoms with Crippen molar-refractivity contribution in [1.29, 1.82) is 0 Å². The number of aromatic nitrogens is 2. The number of hydrogen-bond acceptors (Lipinski definition) is 5. The fourth-order valence-electron chi connectivity index (χ4n) is 2.90. The third kappa shape index (κ3) is 5.76. The molecule has 0 saturated heterocycles. The van der Waals surface area contributed by atoms with E-state index in [-0.39, 0.29) is 11.3 Å². The van der Waals surface area contributed by atoms with Crippen molar-refractivity contribution in [2.45, 2.75) is 56.9 Å². The van der Waals surface area contributed by atoms with Crippen LogP contribution in [-0.2, 0) is 11.2 Å². The maximum absolute atomic E-state index is 6.05. The van der Waals surface area contributed by atoms with Gasteiger partial charge in [-0.25, -0.2) is 4.98 Å². The van der Waals surface area contributed by atoms with Crippen molar-refractivity contribution in [3.63, 3.8) is 0 Å². The summed E-state index contributed by atoms with van der Waals surface area (Å²) < 4.78 is 11.4. The highest BCUT2D eigenvalue weighted by Crippen LogP contribution is 2.32. The Morgan fingerprint density at radius 3 is 2.20 bits per heavy atom. The monoisotopic (exact) mass is 422 g/mol.